The van der Waals surface area contributed by atoms with E-state index in [1.807, 2.05) is 6.07 Å². The van der Waals surface area contributed by atoms with Crippen LogP contribution in [0, 0.1) is 0 Å². The Labute approximate surface area is 119 Å². The van der Waals surface area contributed by atoms with Gasteiger partial charge in [-0.1, -0.05) is 12.1 Å². The first kappa shape index (κ1) is 13.5. The predicted molar refractivity (Wildman–Crippen MR) is 75.8 cm³/mol. The Balaban J connectivity index is 2.14. The van der Waals surface area contributed by atoms with E-state index in [2.05, 4.69) is 20.9 Å². The van der Waals surface area contributed by atoms with Gasteiger partial charge in [0.25, 0.3) is 5.91 Å². The Hall–Kier alpha value is -1.88. The highest BCUT2D eigenvalue weighted by molar-refractivity contribution is 9.10. The number of aromatic nitrogens is 1. The van der Waals surface area contributed by atoms with Crippen molar-refractivity contribution < 1.29 is 9.90 Å². The van der Waals surface area contributed by atoms with Crippen LogP contribution >= 0.6 is 15.9 Å². The zero-order valence-electron chi connectivity index (χ0n) is 10.4. The summed E-state index contributed by atoms with van der Waals surface area (Å²) in [6, 6.07) is 10.4. The van der Waals surface area contributed by atoms with Crippen molar-refractivity contribution in [2.24, 2.45) is 0 Å². The first-order chi connectivity index (χ1) is 9.08. The summed E-state index contributed by atoms with van der Waals surface area (Å²) in [5.41, 5.74) is 1.24. The number of amides is 1. The minimum absolute atomic E-state index is 0.171. The van der Waals surface area contributed by atoms with E-state index in [9.17, 15) is 9.90 Å². The summed E-state index contributed by atoms with van der Waals surface area (Å²) < 4.78 is 0.669. The average Bonchev–Trinajstić information content (AvgIpc) is 2.38. The molecule has 0 aliphatic carbocycles. The van der Waals surface area contributed by atoms with Gasteiger partial charge in [-0.15, -0.1) is 0 Å². The largest absolute Gasteiger partial charge is 0.508 e. The van der Waals surface area contributed by atoms with E-state index in [1.165, 1.54) is 0 Å². The molecule has 0 aliphatic heterocycles. The lowest BCUT2D eigenvalue weighted by Gasteiger charge is -2.17. The summed E-state index contributed by atoms with van der Waals surface area (Å²) in [6.45, 7) is 0.413. The van der Waals surface area contributed by atoms with Gasteiger partial charge in [-0.05, 0) is 45.8 Å². The predicted octanol–water partition coefficient (Wildman–Crippen LogP) is 2.82. The van der Waals surface area contributed by atoms with Crippen LogP contribution in [0.2, 0.25) is 0 Å². The molecule has 19 heavy (non-hydrogen) atoms. The lowest BCUT2D eigenvalue weighted by atomic mass is 10.2. The number of carbonyl (C=O) groups excluding carboxylic acids is 1. The smallest absolute Gasteiger partial charge is 0.273 e. The van der Waals surface area contributed by atoms with Crippen LogP contribution in [0.25, 0.3) is 0 Å². The van der Waals surface area contributed by atoms with E-state index in [0.717, 1.165) is 5.56 Å². The van der Waals surface area contributed by atoms with E-state index < -0.39 is 0 Å². The van der Waals surface area contributed by atoms with Crippen molar-refractivity contribution in [2.45, 2.75) is 6.54 Å². The van der Waals surface area contributed by atoms with Crippen molar-refractivity contribution >= 4 is 21.8 Å². The molecule has 0 saturated carbocycles. The summed E-state index contributed by atoms with van der Waals surface area (Å²) in [5.74, 6) is 0.0215. The monoisotopic (exact) mass is 320 g/mol. The van der Waals surface area contributed by atoms with Gasteiger partial charge in [-0.3, -0.25) is 4.79 Å². The number of hydrogen-bond donors (Lipinski definition) is 1. The number of phenols is 1. The summed E-state index contributed by atoms with van der Waals surface area (Å²) in [5, 5.41) is 9.40. The maximum atomic E-state index is 12.2. The van der Waals surface area contributed by atoms with Crippen LogP contribution in [0.15, 0.2) is 47.1 Å². The van der Waals surface area contributed by atoms with Crippen LogP contribution in [-0.2, 0) is 6.54 Å². The Morgan fingerprint density at radius 3 is 2.84 bits per heavy atom. The van der Waals surface area contributed by atoms with E-state index in [4.69, 9.17) is 0 Å². The average molecular weight is 321 g/mol. The molecule has 0 spiro atoms. The van der Waals surface area contributed by atoms with Crippen molar-refractivity contribution in [3.63, 3.8) is 0 Å². The van der Waals surface area contributed by atoms with Crippen molar-refractivity contribution in [3.05, 3.63) is 58.3 Å². The number of benzene rings is 1. The second-order valence-electron chi connectivity index (χ2n) is 4.16. The fraction of sp³-hybridized carbons (Fsp3) is 0.143. The molecule has 0 atom stereocenters. The lowest BCUT2D eigenvalue weighted by Crippen LogP contribution is -2.27. The van der Waals surface area contributed by atoms with Gasteiger partial charge < -0.3 is 10.0 Å². The quantitative estimate of drug-likeness (QED) is 0.946. The Bertz CT molecular complexity index is 602. The molecule has 0 saturated heterocycles. The van der Waals surface area contributed by atoms with E-state index >= 15 is 0 Å². The summed E-state index contributed by atoms with van der Waals surface area (Å²) in [4.78, 5) is 17.9. The third kappa shape index (κ3) is 3.32. The first-order valence-electron chi connectivity index (χ1n) is 5.72. The van der Waals surface area contributed by atoms with Gasteiger partial charge in [0.2, 0.25) is 0 Å². The van der Waals surface area contributed by atoms with Gasteiger partial charge in [0.05, 0.1) is 0 Å². The SMILES string of the molecule is CN(Cc1cccc(O)c1)C(=O)c1ncccc1Br. The maximum absolute atomic E-state index is 12.2. The molecule has 0 bridgehead atoms. The number of carbonyl (C=O) groups is 1. The summed E-state index contributed by atoms with van der Waals surface area (Å²) in [7, 11) is 1.70. The number of nitrogens with zero attached hydrogens (tertiary/aromatic N) is 2. The topological polar surface area (TPSA) is 53.4 Å². The summed E-state index contributed by atoms with van der Waals surface area (Å²) >= 11 is 3.31. The molecule has 0 fully saturated rings. The third-order valence-electron chi connectivity index (χ3n) is 2.64. The van der Waals surface area contributed by atoms with Gasteiger partial charge in [-0.2, -0.15) is 0 Å². The summed E-state index contributed by atoms with van der Waals surface area (Å²) in [6.07, 6.45) is 1.58. The highest BCUT2D eigenvalue weighted by Gasteiger charge is 2.16. The fourth-order valence-electron chi connectivity index (χ4n) is 1.72. The number of phenolic OH excluding ortho intramolecular Hbond substituents is 1. The number of aromatic hydroxyl groups is 1. The van der Waals surface area contributed by atoms with Gasteiger partial charge >= 0.3 is 0 Å². The standard InChI is InChI=1S/C14H13BrN2O2/c1-17(9-10-4-2-5-11(18)8-10)14(19)13-12(15)6-3-7-16-13/h2-8,18H,9H2,1H3. The minimum atomic E-state index is -0.171. The molecular weight excluding hydrogens is 308 g/mol. The molecule has 1 aromatic carbocycles. The Morgan fingerprint density at radius 1 is 1.37 bits per heavy atom. The molecule has 1 aromatic heterocycles. The third-order valence-corrected chi connectivity index (χ3v) is 3.28. The van der Waals surface area contributed by atoms with Crippen LogP contribution in [0.1, 0.15) is 16.1 Å². The lowest BCUT2D eigenvalue weighted by molar-refractivity contribution is 0.0778. The van der Waals surface area contributed by atoms with Crippen molar-refractivity contribution in [3.8, 4) is 5.75 Å². The van der Waals surface area contributed by atoms with Gasteiger partial charge in [0.15, 0.2) is 0 Å². The fourth-order valence-corrected chi connectivity index (χ4v) is 2.15. The van der Waals surface area contributed by atoms with Gasteiger partial charge in [-0.25, -0.2) is 4.98 Å². The molecule has 4 nitrogen and oxygen atoms in total. The molecule has 0 unspecified atom stereocenters. The normalized spacial score (nSPS) is 10.2. The zero-order valence-corrected chi connectivity index (χ0v) is 12.0. The first-order valence-corrected chi connectivity index (χ1v) is 6.51. The molecule has 98 valence electrons. The van der Waals surface area contributed by atoms with Crippen molar-refractivity contribution in [2.75, 3.05) is 7.05 Å². The molecule has 0 radical (unpaired) electrons. The van der Waals surface area contributed by atoms with E-state index in [0.29, 0.717) is 16.7 Å². The molecule has 1 amide bonds. The Kier molecular flexibility index (Phi) is 4.16. The highest BCUT2D eigenvalue weighted by atomic mass is 79.9. The highest BCUT2D eigenvalue weighted by Crippen LogP contribution is 2.17. The molecule has 5 heteroatoms. The van der Waals surface area contributed by atoms with Crippen LogP contribution in [0.3, 0.4) is 0 Å². The number of hydrogen-bond acceptors (Lipinski definition) is 3. The van der Waals surface area contributed by atoms with Crippen LogP contribution in [-0.4, -0.2) is 27.9 Å². The van der Waals surface area contributed by atoms with Crippen LogP contribution in [0.5, 0.6) is 5.75 Å². The van der Waals surface area contributed by atoms with Crippen molar-refractivity contribution in [1.29, 1.82) is 0 Å². The van der Waals surface area contributed by atoms with Gasteiger partial charge in [0.1, 0.15) is 11.4 Å². The van der Waals surface area contributed by atoms with Crippen LogP contribution < -0.4 is 0 Å². The molecule has 2 aromatic rings. The number of pyridine rings is 1. The Morgan fingerprint density at radius 2 is 2.16 bits per heavy atom. The van der Waals surface area contributed by atoms with Crippen LogP contribution in [0.4, 0.5) is 0 Å². The van der Waals surface area contributed by atoms with E-state index in [-0.39, 0.29) is 11.7 Å². The van der Waals surface area contributed by atoms with Gasteiger partial charge in [0, 0.05) is 24.3 Å². The minimum Gasteiger partial charge on any atom is -0.508 e. The van der Waals surface area contributed by atoms with E-state index in [1.54, 1.807) is 48.5 Å². The molecule has 1 N–H and O–H groups in total. The maximum Gasteiger partial charge on any atom is 0.273 e. The number of halogens is 1. The second kappa shape index (κ2) is 5.84. The molecule has 2 rings (SSSR count). The zero-order chi connectivity index (χ0) is 13.8. The molecular formula is C14H13BrN2O2. The molecule has 0 aliphatic rings. The molecule has 1 heterocycles. The van der Waals surface area contributed by atoms with Crippen molar-refractivity contribution in [1.82, 2.24) is 9.88 Å². The second-order valence-corrected chi connectivity index (χ2v) is 5.02. The number of rotatable bonds is 3.